The molecule has 0 unspecified atom stereocenters. The minimum absolute atomic E-state index is 0.203. The number of aromatic nitrogens is 1. The fourth-order valence-electron chi connectivity index (χ4n) is 3.45. The number of hydrogen-bond acceptors (Lipinski definition) is 4. The average Bonchev–Trinajstić information content (AvgIpc) is 2.96. The number of rotatable bonds is 2. The van der Waals surface area contributed by atoms with Crippen molar-refractivity contribution in [2.75, 3.05) is 19.8 Å². The highest BCUT2D eigenvalue weighted by molar-refractivity contribution is 7.89. The van der Waals surface area contributed by atoms with Gasteiger partial charge in [-0.05, 0) is 38.1 Å². The zero-order valence-corrected chi connectivity index (χ0v) is 14.5. The van der Waals surface area contributed by atoms with Gasteiger partial charge in [-0.15, -0.1) is 0 Å². The molecule has 0 spiro atoms. The Bertz CT molecular complexity index is 888. The van der Waals surface area contributed by atoms with Gasteiger partial charge in [0, 0.05) is 30.5 Å². The van der Waals surface area contributed by atoms with Crippen LogP contribution in [0.4, 0.5) is 0 Å². The fourth-order valence-corrected chi connectivity index (χ4v) is 5.06. The van der Waals surface area contributed by atoms with Crippen LogP contribution in [-0.2, 0) is 16.6 Å². The van der Waals surface area contributed by atoms with Gasteiger partial charge >= 0.3 is 0 Å². The minimum Gasteiger partial charge on any atom is -0.486 e. The summed E-state index contributed by atoms with van der Waals surface area (Å²) in [7, 11) is -3.59. The van der Waals surface area contributed by atoms with Crippen molar-refractivity contribution in [3.05, 3.63) is 41.7 Å². The molecule has 6 nitrogen and oxygen atoms in total. The summed E-state index contributed by atoms with van der Waals surface area (Å²) in [5.74, 6) is 1.09. The highest BCUT2D eigenvalue weighted by atomic mass is 32.2. The molecule has 0 aliphatic carbocycles. The van der Waals surface area contributed by atoms with Crippen molar-refractivity contribution in [3.63, 3.8) is 0 Å². The van der Waals surface area contributed by atoms with E-state index in [9.17, 15) is 8.42 Å². The van der Waals surface area contributed by atoms with Crippen LogP contribution in [0.1, 0.15) is 24.4 Å². The molecule has 0 saturated heterocycles. The highest BCUT2D eigenvalue weighted by Gasteiger charge is 2.35. The van der Waals surface area contributed by atoms with Crippen molar-refractivity contribution in [3.8, 4) is 11.5 Å². The Kier molecular flexibility index (Phi) is 3.58. The first-order valence-corrected chi connectivity index (χ1v) is 9.50. The summed E-state index contributed by atoms with van der Waals surface area (Å²) in [6.07, 6.45) is 0. The maximum absolute atomic E-state index is 13.1. The summed E-state index contributed by atoms with van der Waals surface area (Å²) >= 11 is 0. The molecule has 2 aliphatic heterocycles. The predicted molar refractivity (Wildman–Crippen MR) is 88.9 cm³/mol. The maximum atomic E-state index is 13.1. The van der Waals surface area contributed by atoms with Crippen LogP contribution in [0.5, 0.6) is 11.5 Å². The van der Waals surface area contributed by atoms with Crippen LogP contribution in [0.25, 0.3) is 0 Å². The summed E-state index contributed by atoms with van der Waals surface area (Å²) in [5, 5.41) is 0. The van der Waals surface area contributed by atoms with E-state index in [4.69, 9.17) is 9.47 Å². The topological polar surface area (TPSA) is 60.8 Å². The van der Waals surface area contributed by atoms with Crippen molar-refractivity contribution in [2.24, 2.45) is 0 Å². The minimum atomic E-state index is -3.59. The van der Waals surface area contributed by atoms with E-state index in [0.29, 0.717) is 37.8 Å². The molecule has 2 aliphatic rings. The standard InChI is InChI=1S/C17H20N2O4S/c1-12-3-5-15-13(2)19(8-7-18(12)15)24(20,21)14-4-6-16-17(11-14)23-10-9-22-16/h3-6,11,13H,7-10H2,1-2H3/t13-/m0/s1. The third-order valence-electron chi connectivity index (χ3n) is 4.76. The normalized spacial score (nSPS) is 20.7. The molecule has 0 radical (unpaired) electrons. The zero-order chi connectivity index (χ0) is 16.9. The molecule has 24 heavy (non-hydrogen) atoms. The van der Waals surface area contributed by atoms with Crippen LogP contribution in [0.2, 0.25) is 0 Å². The molecule has 2 aromatic rings. The van der Waals surface area contributed by atoms with Crippen LogP contribution in [0.3, 0.4) is 0 Å². The van der Waals surface area contributed by atoms with Gasteiger partial charge in [0.15, 0.2) is 11.5 Å². The van der Waals surface area contributed by atoms with Crippen LogP contribution < -0.4 is 9.47 Å². The summed E-state index contributed by atoms with van der Waals surface area (Å²) in [6.45, 7) is 6.02. The van der Waals surface area contributed by atoms with Gasteiger partial charge in [-0.1, -0.05) is 0 Å². The zero-order valence-electron chi connectivity index (χ0n) is 13.7. The molecule has 7 heteroatoms. The van der Waals surface area contributed by atoms with Gasteiger partial charge in [0.05, 0.1) is 10.9 Å². The number of nitrogens with zero attached hydrogens (tertiary/aromatic N) is 2. The van der Waals surface area contributed by atoms with Gasteiger partial charge in [-0.3, -0.25) is 0 Å². The monoisotopic (exact) mass is 348 g/mol. The summed E-state index contributed by atoms with van der Waals surface area (Å²) < 4.78 is 41.0. The van der Waals surface area contributed by atoms with E-state index < -0.39 is 10.0 Å². The smallest absolute Gasteiger partial charge is 0.243 e. The Balaban J connectivity index is 1.71. The first-order chi connectivity index (χ1) is 11.5. The Labute approximate surface area is 141 Å². The summed E-state index contributed by atoms with van der Waals surface area (Å²) in [5.41, 5.74) is 2.19. The van der Waals surface area contributed by atoms with Crippen molar-refractivity contribution < 1.29 is 17.9 Å². The van der Waals surface area contributed by atoms with Gasteiger partial charge in [-0.2, -0.15) is 4.31 Å². The predicted octanol–water partition coefficient (Wildman–Crippen LogP) is 2.33. The quantitative estimate of drug-likeness (QED) is 0.836. The number of aryl methyl sites for hydroxylation is 1. The van der Waals surface area contributed by atoms with Gasteiger partial charge in [0.1, 0.15) is 13.2 Å². The molecule has 3 heterocycles. The fraction of sp³-hybridized carbons (Fsp3) is 0.412. The Morgan fingerprint density at radius 3 is 2.58 bits per heavy atom. The second-order valence-corrected chi connectivity index (χ2v) is 8.04. The lowest BCUT2D eigenvalue weighted by Gasteiger charge is -2.34. The lowest BCUT2D eigenvalue weighted by molar-refractivity contribution is 0.171. The van der Waals surface area contributed by atoms with Crippen LogP contribution in [-0.4, -0.2) is 37.0 Å². The second kappa shape index (κ2) is 5.53. The Hall–Kier alpha value is -1.99. The largest absolute Gasteiger partial charge is 0.486 e. The molecule has 1 atom stereocenters. The molecule has 1 aromatic carbocycles. The van der Waals surface area contributed by atoms with E-state index in [0.717, 1.165) is 11.4 Å². The van der Waals surface area contributed by atoms with Gasteiger partial charge in [0.2, 0.25) is 10.0 Å². The molecule has 128 valence electrons. The number of benzene rings is 1. The number of fused-ring (bicyclic) bond motifs is 2. The Morgan fingerprint density at radius 1 is 1.04 bits per heavy atom. The van der Waals surface area contributed by atoms with Crippen LogP contribution >= 0.6 is 0 Å². The van der Waals surface area contributed by atoms with Crippen LogP contribution in [0.15, 0.2) is 35.2 Å². The lowest BCUT2D eigenvalue weighted by atomic mass is 10.2. The van der Waals surface area contributed by atoms with E-state index in [1.807, 2.05) is 26.0 Å². The van der Waals surface area contributed by atoms with Crippen molar-refractivity contribution in [1.29, 1.82) is 0 Å². The molecule has 0 fully saturated rings. The van der Waals surface area contributed by atoms with Gasteiger partial charge < -0.3 is 14.0 Å². The van der Waals surface area contributed by atoms with Gasteiger partial charge in [0.25, 0.3) is 0 Å². The van der Waals surface area contributed by atoms with E-state index in [1.54, 1.807) is 22.5 Å². The van der Waals surface area contributed by atoms with E-state index in [1.165, 1.54) is 0 Å². The number of ether oxygens (including phenoxy) is 2. The lowest BCUT2D eigenvalue weighted by Crippen LogP contribution is -2.41. The third kappa shape index (κ3) is 2.31. The molecule has 0 saturated carbocycles. The maximum Gasteiger partial charge on any atom is 0.243 e. The van der Waals surface area contributed by atoms with E-state index >= 15 is 0 Å². The number of hydrogen-bond donors (Lipinski definition) is 0. The van der Waals surface area contributed by atoms with Crippen molar-refractivity contribution in [2.45, 2.75) is 31.3 Å². The molecule has 1 aromatic heterocycles. The average molecular weight is 348 g/mol. The Morgan fingerprint density at radius 2 is 1.79 bits per heavy atom. The summed E-state index contributed by atoms with van der Waals surface area (Å²) in [6, 6.07) is 8.66. The highest BCUT2D eigenvalue weighted by Crippen LogP contribution is 2.36. The second-order valence-electron chi connectivity index (χ2n) is 6.15. The molecule has 0 amide bonds. The van der Waals surface area contributed by atoms with E-state index in [-0.39, 0.29) is 10.9 Å². The first kappa shape index (κ1) is 15.5. The van der Waals surface area contributed by atoms with Crippen molar-refractivity contribution >= 4 is 10.0 Å². The molecular formula is C17H20N2O4S. The van der Waals surface area contributed by atoms with Gasteiger partial charge in [-0.25, -0.2) is 8.42 Å². The first-order valence-electron chi connectivity index (χ1n) is 8.06. The van der Waals surface area contributed by atoms with E-state index in [2.05, 4.69) is 4.57 Å². The molecular weight excluding hydrogens is 328 g/mol. The molecule has 4 rings (SSSR count). The number of sulfonamides is 1. The third-order valence-corrected chi connectivity index (χ3v) is 6.72. The molecule has 0 N–H and O–H groups in total. The summed E-state index contributed by atoms with van der Waals surface area (Å²) in [4.78, 5) is 0.246. The molecule has 0 bridgehead atoms. The van der Waals surface area contributed by atoms with Crippen molar-refractivity contribution in [1.82, 2.24) is 8.87 Å². The van der Waals surface area contributed by atoms with Crippen LogP contribution in [0, 0.1) is 6.92 Å². The SMILES string of the molecule is Cc1ccc2n1CCN(S(=O)(=O)c1ccc3c(c1)OCCO3)[C@H]2C.